The molecule has 1 radical (unpaired) electrons. The second kappa shape index (κ2) is 18.8. The average molecular weight is 1120 g/mol. The Hall–Kier alpha value is -7.18. The molecule has 0 bridgehead atoms. The molecule has 0 fully saturated rings. The molecule has 0 saturated heterocycles. The minimum Gasteiger partial charge on any atom is -0.501 e. The normalized spacial score (nSPS) is 12.2. The van der Waals surface area contributed by atoms with Crippen molar-refractivity contribution in [3.63, 3.8) is 0 Å². The van der Waals surface area contributed by atoms with E-state index >= 15 is 0 Å². The van der Waals surface area contributed by atoms with Gasteiger partial charge < -0.3 is 18.4 Å². The van der Waals surface area contributed by atoms with Gasteiger partial charge in [-0.2, -0.15) is 0 Å². The Morgan fingerprint density at radius 3 is 1.99 bits per heavy atom. The smallest absolute Gasteiger partial charge is 0.200 e. The molecule has 72 heavy (non-hydrogen) atoms. The van der Waals surface area contributed by atoms with Crippen molar-refractivity contribution in [3.05, 3.63) is 193 Å². The van der Waals surface area contributed by atoms with E-state index in [1.807, 2.05) is 42.6 Å². The fraction of sp³-hybridized carbons (Fsp3) is 0.215. The number of benzene rings is 8. The molecule has 0 aliphatic rings. The van der Waals surface area contributed by atoms with Crippen LogP contribution in [0.5, 0.6) is 0 Å². The molecule has 4 aromatic heterocycles. The van der Waals surface area contributed by atoms with Gasteiger partial charge in [0.2, 0.25) is 5.89 Å². The number of rotatable bonds is 6. The molecule has 0 amide bonds. The minimum absolute atomic E-state index is 0. The van der Waals surface area contributed by atoms with Gasteiger partial charge in [-0.25, -0.2) is 4.98 Å². The van der Waals surface area contributed by atoms with Crippen LogP contribution in [0.3, 0.4) is 0 Å². The van der Waals surface area contributed by atoms with Crippen LogP contribution in [0.4, 0.5) is 0 Å². The summed E-state index contributed by atoms with van der Waals surface area (Å²) in [5.74, 6) is 2.01. The van der Waals surface area contributed by atoms with Gasteiger partial charge in [0.25, 0.3) is 0 Å². The summed E-state index contributed by atoms with van der Waals surface area (Å²) < 4.78 is 15.6. The van der Waals surface area contributed by atoms with Crippen LogP contribution >= 0.6 is 0 Å². The SMILES string of the molecule is CC(C)(C)c1ccnc(-c2[c-]cccc2)c1.CC(C)c1cc(-c2ccccc2)cc(C(C)C)c1-n1c(-c2[c-]ccc3c2oc2cc4c(ccc5oc(C(C)(C)C)nc54)cc23)nc2ccc3ccccc3c21.[Ir]. The van der Waals surface area contributed by atoms with Crippen LogP contribution in [0, 0.1) is 12.1 Å². The van der Waals surface area contributed by atoms with Gasteiger partial charge in [-0.05, 0) is 104 Å². The molecule has 6 nitrogen and oxygen atoms in total. The number of oxazole rings is 1. The van der Waals surface area contributed by atoms with E-state index in [-0.39, 0.29) is 42.8 Å². The molecule has 8 aromatic carbocycles. The van der Waals surface area contributed by atoms with Crippen molar-refractivity contribution in [2.75, 3.05) is 0 Å². The van der Waals surface area contributed by atoms with Crippen LogP contribution < -0.4 is 0 Å². The third-order valence-corrected chi connectivity index (χ3v) is 13.7. The van der Waals surface area contributed by atoms with E-state index in [4.69, 9.17) is 18.8 Å². The zero-order valence-corrected chi connectivity index (χ0v) is 45.0. The average Bonchev–Trinajstić information content (AvgIpc) is 4.10. The summed E-state index contributed by atoms with van der Waals surface area (Å²) in [6.07, 6.45) is 1.87. The molecule has 0 aliphatic heterocycles. The van der Waals surface area contributed by atoms with Crippen LogP contribution in [0.1, 0.15) is 104 Å². The first-order chi connectivity index (χ1) is 34.1. The molecule has 0 aliphatic carbocycles. The predicted octanol–water partition coefficient (Wildman–Crippen LogP) is 17.9. The first-order valence-electron chi connectivity index (χ1n) is 24.8. The molecule has 12 aromatic rings. The molecule has 0 unspecified atom stereocenters. The molecule has 0 spiro atoms. The van der Waals surface area contributed by atoms with Gasteiger partial charge in [-0.15, -0.1) is 54.1 Å². The van der Waals surface area contributed by atoms with Gasteiger partial charge in [0.15, 0.2) is 5.58 Å². The Bertz CT molecular complexity index is 3930. The van der Waals surface area contributed by atoms with Crippen molar-refractivity contribution >= 4 is 65.6 Å². The summed E-state index contributed by atoms with van der Waals surface area (Å²) in [5, 5.41) is 6.50. The van der Waals surface area contributed by atoms with Crippen molar-refractivity contribution < 1.29 is 28.9 Å². The standard InChI is InChI=1S/C50H42N3O2.C15H16N.Ir/c1-28(2)37-25-33(30-14-9-8-10-15-30)26-38(29(3)4)45(37)53-46-34-17-12-11-16-31(34)20-22-41(46)51-48(53)36-19-13-18-35-40-24-32-21-23-42-44(52-49(55-42)50(5,6)7)39(32)27-43(40)54-47(35)36;1-15(2,3)13-9-10-16-14(11-13)12-7-5-4-6-8-12;/h8-18,20-29H,1-7H3;4-7,9-11H,1-3H3;/q2*-1;. The van der Waals surface area contributed by atoms with Crippen LogP contribution in [0.25, 0.3) is 105 Å². The molecule has 0 saturated carbocycles. The number of imidazole rings is 1. The Balaban J connectivity index is 0.000000300. The predicted molar refractivity (Wildman–Crippen MR) is 295 cm³/mol. The summed E-state index contributed by atoms with van der Waals surface area (Å²) in [6, 6.07) is 60.0. The molecule has 0 atom stereocenters. The summed E-state index contributed by atoms with van der Waals surface area (Å²) >= 11 is 0. The number of hydrogen-bond acceptors (Lipinski definition) is 5. The summed E-state index contributed by atoms with van der Waals surface area (Å²) in [6.45, 7) is 22.2. The number of hydrogen-bond donors (Lipinski definition) is 0. The Morgan fingerprint density at radius 2 is 1.28 bits per heavy atom. The summed E-state index contributed by atoms with van der Waals surface area (Å²) in [7, 11) is 0. The first kappa shape index (κ1) is 48.4. The third kappa shape index (κ3) is 8.73. The zero-order chi connectivity index (χ0) is 49.3. The minimum atomic E-state index is -0.205. The summed E-state index contributed by atoms with van der Waals surface area (Å²) in [5.41, 5.74) is 15.5. The van der Waals surface area contributed by atoms with E-state index in [1.54, 1.807) is 0 Å². The largest absolute Gasteiger partial charge is 0.501 e. The topological polar surface area (TPSA) is 69.9 Å². The van der Waals surface area contributed by atoms with Gasteiger partial charge >= 0.3 is 0 Å². The molecule has 12 rings (SSSR count). The summed E-state index contributed by atoms with van der Waals surface area (Å²) in [4.78, 5) is 14.8. The van der Waals surface area contributed by atoms with E-state index in [2.05, 4.69) is 206 Å². The molecular weight excluding hydrogens is 1060 g/mol. The van der Waals surface area contributed by atoms with Gasteiger partial charge in [0, 0.05) is 53.6 Å². The number of aromatic nitrogens is 4. The monoisotopic (exact) mass is 1120 g/mol. The number of nitrogens with zero attached hydrogens (tertiary/aromatic N) is 4. The van der Waals surface area contributed by atoms with E-state index < -0.39 is 0 Å². The second-order valence-electron chi connectivity index (χ2n) is 21.5. The second-order valence-corrected chi connectivity index (χ2v) is 21.5. The first-order valence-corrected chi connectivity index (χ1v) is 24.8. The Labute approximate surface area is 435 Å². The van der Waals surface area contributed by atoms with Crippen molar-refractivity contribution in [1.82, 2.24) is 19.5 Å². The molecule has 7 heteroatoms. The van der Waals surface area contributed by atoms with Gasteiger partial charge in [-0.1, -0.05) is 153 Å². The zero-order valence-electron chi connectivity index (χ0n) is 42.6. The maximum Gasteiger partial charge on any atom is 0.200 e. The molecule has 4 heterocycles. The van der Waals surface area contributed by atoms with E-state index in [1.165, 1.54) is 38.9 Å². The quantitative estimate of drug-likeness (QED) is 0.155. The van der Waals surface area contributed by atoms with Crippen molar-refractivity contribution in [1.29, 1.82) is 0 Å². The van der Waals surface area contributed by atoms with Crippen molar-refractivity contribution in [2.45, 2.75) is 91.9 Å². The van der Waals surface area contributed by atoms with Crippen LogP contribution in [-0.4, -0.2) is 19.5 Å². The van der Waals surface area contributed by atoms with Crippen molar-refractivity contribution in [2.24, 2.45) is 0 Å². The maximum atomic E-state index is 6.93. The van der Waals surface area contributed by atoms with Gasteiger partial charge in [0.05, 0.1) is 22.4 Å². The maximum absolute atomic E-state index is 6.93. The third-order valence-electron chi connectivity index (χ3n) is 13.7. The molecule has 361 valence electrons. The molecular formula is C65H58IrN4O2-2. The van der Waals surface area contributed by atoms with E-state index in [9.17, 15) is 0 Å². The molecule has 0 N–H and O–H groups in total. The van der Waals surface area contributed by atoms with E-state index in [0.717, 1.165) is 88.8 Å². The van der Waals surface area contributed by atoms with Gasteiger partial charge in [-0.3, -0.25) is 4.98 Å². The number of fused-ring (bicyclic) bond motifs is 9. The fourth-order valence-electron chi connectivity index (χ4n) is 9.87. The van der Waals surface area contributed by atoms with Crippen LogP contribution in [-0.2, 0) is 30.9 Å². The van der Waals surface area contributed by atoms with Gasteiger partial charge in [0.1, 0.15) is 11.1 Å². The number of furan rings is 1. The number of pyridine rings is 1. The fourth-order valence-corrected chi connectivity index (χ4v) is 9.87. The van der Waals surface area contributed by atoms with Crippen molar-refractivity contribution in [3.8, 4) is 39.5 Å². The van der Waals surface area contributed by atoms with Crippen LogP contribution in [0.2, 0.25) is 0 Å². The Morgan fingerprint density at radius 1 is 0.556 bits per heavy atom. The Kier molecular flexibility index (Phi) is 12.6. The van der Waals surface area contributed by atoms with Crippen LogP contribution in [0.15, 0.2) is 167 Å². The van der Waals surface area contributed by atoms with E-state index in [0.29, 0.717) is 0 Å².